The van der Waals surface area contributed by atoms with Gasteiger partial charge in [-0.25, -0.2) is 0 Å². The number of ether oxygens (including phenoxy) is 1. The number of aliphatic carboxylic acids is 1. The third-order valence-corrected chi connectivity index (χ3v) is 3.72. The summed E-state index contributed by atoms with van der Waals surface area (Å²) in [6.07, 6.45) is 9.66. The molecule has 2 aliphatic heterocycles. The summed E-state index contributed by atoms with van der Waals surface area (Å²) in [6, 6.07) is 0. The van der Waals surface area contributed by atoms with Gasteiger partial charge in [0.05, 0.1) is 12.2 Å². The van der Waals surface area contributed by atoms with Crippen LogP contribution in [0.3, 0.4) is 0 Å². The van der Waals surface area contributed by atoms with Gasteiger partial charge in [-0.05, 0) is 25.7 Å². The summed E-state index contributed by atoms with van der Waals surface area (Å²) in [4.78, 5) is 10.3. The van der Waals surface area contributed by atoms with Gasteiger partial charge in [0.15, 0.2) is 0 Å². The normalized spacial score (nSPS) is 32.7. The zero-order chi connectivity index (χ0) is 10.7. The van der Waals surface area contributed by atoms with Crippen LogP contribution in [0.15, 0.2) is 0 Å². The number of hydrogen-bond donors (Lipinski definition) is 1. The summed E-state index contributed by atoms with van der Waals surface area (Å²) in [5, 5.41) is 8.47. The maximum atomic E-state index is 10.3. The Kier molecular flexibility index (Phi) is 3.62. The van der Waals surface area contributed by atoms with Gasteiger partial charge in [0.1, 0.15) is 0 Å². The molecule has 3 heteroatoms. The van der Waals surface area contributed by atoms with Crippen LogP contribution in [-0.4, -0.2) is 23.3 Å². The molecule has 2 unspecified atom stereocenters. The molecule has 15 heavy (non-hydrogen) atoms. The summed E-state index contributed by atoms with van der Waals surface area (Å²) >= 11 is 0. The van der Waals surface area contributed by atoms with Gasteiger partial charge in [-0.1, -0.05) is 19.3 Å². The topological polar surface area (TPSA) is 46.5 Å². The fourth-order valence-corrected chi connectivity index (χ4v) is 2.85. The Bertz CT molecular complexity index is 213. The summed E-state index contributed by atoms with van der Waals surface area (Å²) < 4.78 is 5.59. The highest BCUT2D eigenvalue weighted by Crippen LogP contribution is 2.45. The maximum Gasteiger partial charge on any atom is 0.303 e. The fourth-order valence-electron chi connectivity index (χ4n) is 2.85. The molecule has 1 saturated carbocycles. The average molecular weight is 212 g/mol. The number of hydrogen-bond acceptors (Lipinski definition) is 2. The Morgan fingerprint density at radius 1 is 1.13 bits per heavy atom. The molecule has 0 aromatic heterocycles. The first-order chi connectivity index (χ1) is 7.27. The van der Waals surface area contributed by atoms with E-state index in [1.807, 2.05) is 0 Å². The van der Waals surface area contributed by atoms with Crippen LogP contribution in [0.25, 0.3) is 0 Å². The van der Waals surface area contributed by atoms with Crippen LogP contribution in [0, 0.1) is 5.92 Å². The van der Waals surface area contributed by atoms with Crippen LogP contribution in [0.2, 0.25) is 0 Å². The monoisotopic (exact) mass is 212 g/mol. The van der Waals surface area contributed by atoms with E-state index in [4.69, 9.17) is 9.84 Å². The highest BCUT2D eigenvalue weighted by molar-refractivity contribution is 5.66. The van der Waals surface area contributed by atoms with E-state index >= 15 is 0 Å². The highest BCUT2D eigenvalue weighted by Gasteiger charge is 2.47. The van der Waals surface area contributed by atoms with Crippen molar-refractivity contribution in [1.82, 2.24) is 0 Å². The van der Waals surface area contributed by atoms with Crippen molar-refractivity contribution in [3.8, 4) is 0 Å². The van der Waals surface area contributed by atoms with E-state index in [2.05, 4.69) is 0 Å². The number of unbranched alkanes of at least 4 members (excludes halogenated alkanes) is 3. The molecule has 86 valence electrons. The van der Waals surface area contributed by atoms with Crippen molar-refractivity contribution in [3.63, 3.8) is 0 Å². The van der Waals surface area contributed by atoms with E-state index in [1.54, 1.807) is 0 Å². The lowest BCUT2D eigenvalue weighted by molar-refractivity contribution is -0.137. The van der Waals surface area contributed by atoms with Crippen LogP contribution in [-0.2, 0) is 9.53 Å². The van der Waals surface area contributed by atoms with E-state index in [0.717, 1.165) is 18.8 Å². The number of fused-ring (bicyclic) bond motifs is 1. The van der Waals surface area contributed by atoms with Crippen molar-refractivity contribution < 1.29 is 14.6 Å². The van der Waals surface area contributed by atoms with E-state index < -0.39 is 5.97 Å². The van der Waals surface area contributed by atoms with Crippen LogP contribution in [0.1, 0.15) is 51.4 Å². The first kappa shape index (κ1) is 10.9. The average Bonchev–Trinajstić information content (AvgIpc) is 2.77. The molecular formula is C12H20O3. The summed E-state index contributed by atoms with van der Waals surface area (Å²) in [5.74, 6) is 0.171. The summed E-state index contributed by atoms with van der Waals surface area (Å²) in [5.41, 5.74) is 0. The molecule has 0 amide bonds. The molecule has 0 spiro atoms. The van der Waals surface area contributed by atoms with Crippen LogP contribution < -0.4 is 0 Å². The maximum absolute atomic E-state index is 10.3. The second-order valence-corrected chi connectivity index (χ2v) is 4.80. The van der Waals surface area contributed by atoms with E-state index in [9.17, 15) is 4.79 Å². The van der Waals surface area contributed by atoms with E-state index in [1.165, 1.54) is 32.1 Å². The van der Waals surface area contributed by atoms with Gasteiger partial charge in [-0.15, -0.1) is 0 Å². The SMILES string of the molecule is O=C(O)CCCCCCC1C2CCC1O2. The van der Waals surface area contributed by atoms with Crippen molar-refractivity contribution in [2.24, 2.45) is 5.92 Å². The molecular weight excluding hydrogens is 192 g/mol. The third kappa shape index (κ3) is 2.71. The van der Waals surface area contributed by atoms with Gasteiger partial charge >= 0.3 is 5.97 Å². The second-order valence-electron chi connectivity index (χ2n) is 4.80. The van der Waals surface area contributed by atoms with Gasteiger partial charge in [-0.2, -0.15) is 0 Å². The molecule has 0 aromatic rings. The predicted octanol–water partition coefficient (Wildman–Crippen LogP) is 2.59. The molecule has 2 bridgehead atoms. The highest BCUT2D eigenvalue weighted by atomic mass is 16.5. The zero-order valence-corrected chi connectivity index (χ0v) is 9.15. The third-order valence-electron chi connectivity index (χ3n) is 3.72. The Hall–Kier alpha value is -0.570. The first-order valence-corrected chi connectivity index (χ1v) is 6.14. The summed E-state index contributed by atoms with van der Waals surface area (Å²) in [7, 11) is 0. The van der Waals surface area contributed by atoms with Gasteiger partial charge < -0.3 is 9.84 Å². The molecule has 3 nitrogen and oxygen atoms in total. The molecule has 3 rings (SSSR count). The molecule has 2 atom stereocenters. The standard InChI is InChI=1S/C12H20O3/c13-12(14)6-4-2-1-3-5-9-10-7-8-11(9)15-10/h9-11H,1-8H2,(H,13,14). The van der Waals surface area contributed by atoms with Crippen molar-refractivity contribution in [2.45, 2.75) is 63.6 Å². The fraction of sp³-hybridized carbons (Fsp3) is 0.917. The molecule has 2 saturated heterocycles. The Morgan fingerprint density at radius 2 is 1.80 bits per heavy atom. The van der Waals surface area contributed by atoms with Crippen LogP contribution in [0.5, 0.6) is 0 Å². The number of carbonyl (C=O) groups is 1. The number of carboxylic acids is 1. The minimum Gasteiger partial charge on any atom is -0.481 e. The van der Waals surface area contributed by atoms with Gasteiger partial charge in [0.2, 0.25) is 0 Å². The number of rotatable bonds is 7. The van der Waals surface area contributed by atoms with Crippen LogP contribution in [0.4, 0.5) is 0 Å². The molecule has 0 radical (unpaired) electrons. The lowest BCUT2D eigenvalue weighted by Gasteiger charge is -2.36. The predicted molar refractivity (Wildman–Crippen MR) is 56.7 cm³/mol. The molecule has 1 aliphatic carbocycles. The van der Waals surface area contributed by atoms with E-state index in [-0.39, 0.29) is 0 Å². The lowest BCUT2D eigenvalue weighted by Crippen LogP contribution is -2.39. The van der Waals surface area contributed by atoms with Gasteiger partial charge in [0.25, 0.3) is 0 Å². The van der Waals surface area contributed by atoms with Crippen molar-refractivity contribution >= 4 is 5.97 Å². The number of carboxylic acid groups (broad SMARTS) is 1. The summed E-state index contributed by atoms with van der Waals surface area (Å²) in [6.45, 7) is 0. The van der Waals surface area contributed by atoms with Crippen molar-refractivity contribution in [2.75, 3.05) is 0 Å². The van der Waals surface area contributed by atoms with Crippen molar-refractivity contribution in [1.29, 1.82) is 0 Å². The van der Waals surface area contributed by atoms with E-state index in [0.29, 0.717) is 18.6 Å². The molecule has 0 aromatic carbocycles. The quantitative estimate of drug-likeness (QED) is 0.660. The van der Waals surface area contributed by atoms with Gasteiger partial charge in [-0.3, -0.25) is 4.79 Å². The smallest absolute Gasteiger partial charge is 0.303 e. The second kappa shape index (κ2) is 4.97. The molecule has 1 N–H and O–H groups in total. The first-order valence-electron chi connectivity index (χ1n) is 6.14. The largest absolute Gasteiger partial charge is 0.481 e. The Balaban J connectivity index is 1.44. The Morgan fingerprint density at radius 3 is 2.40 bits per heavy atom. The molecule has 3 aliphatic rings. The Labute approximate surface area is 90.8 Å². The molecule has 2 heterocycles. The molecule has 3 fully saturated rings. The minimum absolute atomic E-state index is 0.331. The lowest BCUT2D eigenvalue weighted by atomic mass is 9.91. The van der Waals surface area contributed by atoms with Gasteiger partial charge in [0, 0.05) is 12.3 Å². The minimum atomic E-state index is -0.666. The zero-order valence-electron chi connectivity index (χ0n) is 9.15. The van der Waals surface area contributed by atoms with Crippen LogP contribution >= 0.6 is 0 Å². The van der Waals surface area contributed by atoms with Crippen molar-refractivity contribution in [3.05, 3.63) is 0 Å².